The van der Waals surface area contributed by atoms with E-state index in [0.717, 1.165) is 5.56 Å². The van der Waals surface area contributed by atoms with E-state index in [2.05, 4.69) is 20.1 Å². The highest BCUT2D eigenvalue weighted by Crippen LogP contribution is 2.14. The molecule has 0 fully saturated rings. The summed E-state index contributed by atoms with van der Waals surface area (Å²) in [6, 6.07) is 11.4. The van der Waals surface area contributed by atoms with Crippen molar-refractivity contribution in [3.8, 4) is 0 Å². The van der Waals surface area contributed by atoms with Gasteiger partial charge in [0.1, 0.15) is 0 Å². The molecule has 0 spiro atoms. The number of hydrogen-bond acceptors (Lipinski definition) is 6. The molecule has 0 heterocycles. The van der Waals surface area contributed by atoms with Crippen LogP contribution in [0.15, 0.2) is 53.4 Å². The molecule has 0 aliphatic carbocycles. The first-order chi connectivity index (χ1) is 14.6. The van der Waals surface area contributed by atoms with Gasteiger partial charge in [0.15, 0.2) is 0 Å². The Balaban J connectivity index is 1.87. The zero-order valence-electron chi connectivity index (χ0n) is 17.5. The number of anilines is 1. The topological polar surface area (TPSA) is 131 Å². The standard InChI is InChI=1S/C21H25N3O6S/c1-14(24-31(28,29)19-10-8-18(9-11-19)23-15(2)25)20(26)22-13-12-16-4-6-17(7-5-16)21(27)30-3/h4-11,14,24H,12-13H2,1-3H3,(H,22,26)(H,23,25)/t14-/m0/s1. The number of benzene rings is 2. The van der Waals surface area contributed by atoms with Crippen molar-refractivity contribution >= 4 is 33.5 Å². The molecule has 166 valence electrons. The molecule has 0 aliphatic heterocycles. The monoisotopic (exact) mass is 447 g/mol. The quantitative estimate of drug-likeness (QED) is 0.499. The van der Waals surface area contributed by atoms with Gasteiger partial charge >= 0.3 is 5.97 Å². The van der Waals surface area contributed by atoms with Gasteiger partial charge in [-0.3, -0.25) is 9.59 Å². The van der Waals surface area contributed by atoms with Crippen LogP contribution in [-0.4, -0.2) is 45.9 Å². The van der Waals surface area contributed by atoms with Gasteiger partial charge in [0.25, 0.3) is 0 Å². The minimum Gasteiger partial charge on any atom is -0.465 e. The Labute approximate surface area is 181 Å². The number of esters is 1. The minimum absolute atomic E-state index is 0.0213. The second-order valence-electron chi connectivity index (χ2n) is 6.78. The van der Waals surface area contributed by atoms with E-state index >= 15 is 0 Å². The van der Waals surface area contributed by atoms with Gasteiger partial charge in [0, 0.05) is 19.2 Å². The van der Waals surface area contributed by atoms with Crippen LogP contribution in [0.5, 0.6) is 0 Å². The molecule has 1 atom stereocenters. The third-order valence-electron chi connectivity index (χ3n) is 4.30. The highest BCUT2D eigenvalue weighted by Gasteiger charge is 2.21. The minimum atomic E-state index is -3.91. The molecule has 0 bridgehead atoms. The molecule has 0 radical (unpaired) electrons. The Bertz CT molecular complexity index is 1030. The van der Waals surface area contributed by atoms with Gasteiger partial charge in [-0.1, -0.05) is 12.1 Å². The third kappa shape index (κ3) is 7.19. The predicted molar refractivity (Wildman–Crippen MR) is 115 cm³/mol. The summed E-state index contributed by atoms with van der Waals surface area (Å²) in [5.74, 6) is -1.16. The lowest BCUT2D eigenvalue weighted by molar-refractivity contribution is -0.122. The van der Waals surface area contributed by atoms with Crippen LogP contribution < -0.4 is 15.4 Å². The fraction of sp³-hybridized carbons (Fsp3) is 0.286. The molecule has 0 aliphatic rings. The van der Waals surface area contributed by atoms with Crippen LogP contribution in [0.2, 0.25) is 0 Å². The van der Waals surface area contributed by atoms with Crippen LogP contribution >= 0.6 is 0 Å². The number of sulfonamides is 1. The van der Waals surface area contributed by atoms with Crippen LogP contribution in [0, 0.1) is 0 Å². The molecule has 2 aromatic carbocycles. The van der Waals surface area contributed by atoms with Crippen molar-refractivity contribution in [3.63, 3.8) is 0 Å². The largest absolute Gasteiger partial charge is 0.465 e. The Hall–Kier alpha value is -3.24. The Morgan fingerprint density at radius 1 is 1.00 bits per heavy atom. The van der Waals surface area contributed by atoms with E-state index in [1.807, 2.05) is 0 Å². The van der Waals surface area contributed by atoms with E-state index in [-0.39, 0.29) is 10.8 Å². The van der Waals surface area contributed by atoms with E-state index in [9.17, 15) is 22.8 Å². The number of methoxy groups -OCH3 is 1. The molecule has 2 aromatic rings. The number of nitrogens with one attached hydrogen (secondary N) is 3. The highest BCUT2D eigenvalue weighted by molar-refractivity contribution is 7.89. The number of hydrogen-bond donors (Lipinski definition) is 3. The maximum Gasteiger partial charge on any atom is 0.337 e. The van der Waals surface area contributed by atoms with Crippen molar-refractivity contribution in [1.82, 2.24) is 10.0 Å². The van der Waals surface area contributed by atoms with Crippen molar-refractivity contribution in [3.05, 3.63) is 59.7 Å². The number of amides is 2. The third-order valence-corrected chi connectivity index (χ3v) is 5.85. The van der Waals surface area contributed by atoms with Crippen LogP contribution in [0.25, 0.3) is 0 Å². The first kappa shape index (κ1) is 24.0. The Morgan fingerprint density at radius 2 is 1.61 bits per heavy atom. The van der Waals surface area contributed by atoms with Crippen molar-refractivity contribution in [2.24, 2.45) is 0 Å². The fourth-order valence-electron chi connectivity index (χ4n) is 2.68. The molecule has 2 amide bonds. The van der Waals surface area contributed by atoms with E-state index in [4.69, 9.17) is 0 Å². The molecule has 9 nitrogen and oxygen atoms in total. The maximum atomic E-state index is 12.5. The van der Waals surface area contributed by atoms with Crippen LogP contribution in [0.4, 0.5) is 5.69 Å². The highest BCUT2D eigenvalue weighted by atomic mass is 32.2. The van der Waals surface area contributed by atoms with E-state index < -0.39 is 27.9 Å². The summed E-state index contributed by atoms with van der Waals surface area (Å²) in [6.07, 6.45) is 0.511. The van der Waals surface area contributed by atoms with Crippen molar-refractivity contribution < 1.29 is 27.5 Å². The molecule has 3 N–H and O–H groups in total. The summed E-state index contributed by atoms with van der Waals surface area (Å²) in [5.41, 5.74) is 1.81. The Kier molecular flexibility index (Phi) is 8.29. The summed E-state index contributed by atoms with van der Waals surface area (Å²) < 4.78 is 31.9. The van der Waals surface area contributed by atoms with Gasteiger partial charge in [-0.15, -0.1) is 0 Å². The normalized spacial score (nSPS) is 12.0. The maximum absolute atomic E-state index is 12.5. The fourth-order valence-corrected chi connectivity index (χ4v) is 3.89. The second kappa shape index (κ2) is 10.7. The first-order valence-corrected chi connectivity index (χ1v) is 11.0. The van der Waals surface area contributed by atoms with E-state index in [1.165, 1.54) is 45.2 Å². The predicted octanol–water partition coefficient (Wildman–Crippen LogP) is 1.46. The molecular weight excluding hydrogens is 422 g/mol. The average Bonchev–Trinajstić information content (AvgIpc) is 2.73. The van der Waals surface area contributed by atoms with Gasteiger partial charge in [-0.05, 0) is 55.3 Å². The summed E-state index contributed by atoms with van der Waals surface area (Å²) in [6.45, 7) is 3.10. The van der Waals surface area contributed by atoms with Crippen molar-refractivity contribution in [2.75, 3.05) is 19.0 Å². The molecule has 0 saturated heterocycles. The summed E-state index contributed by atoms with van der Waals surface area (Å²) >= 11 is 0. The average molecular weight is 448 g/mol. The molecule has 10 heteroatoms. The Morgan fingerprint density at radius 3 is 2.16 bits per heavy atom. The summed E-state index contributed by atoms with van der Waals surface area (Å²) in [5, 5.41) is 5.23. The van der Waals surface area contributed by atoms with Gasteiger partial charge in [-0.2, -0.15) is 4.72 Å². The number of carbonyl (C=O) groups excluding carboxylic acids is 3. The van der Waals surface area contributed by atoms with E-state index in [0.29, 0.717) is 24.2 Å². The first-order valence-electron chi connectivity index (χ1n) is 9.47. The molecular formula is C21H25N3O6S. The summed E-state index contributed by atoms with van der Waals surface area (Å²) in [7, 11) is -2.60. The molecule has 0 unspecified atom stereocenters. The van der Waals surface area contributed by atoms with Gasteiger partial charge < -0.3 is 15.4 Å². The number of carbonyl (C=O) groups is 3. The number of rotatable bonds is 9. The van der Waals surface area contributed by atoms with Crippen LogP contribution in [-0.2, 0) is 30.8 Å². The zero-order valence-corrected chi connectivity index (χ0v) is 18.3. The van der Waals surface area contributed by atoms with Crippen molar-refractivity contribution in [2.45, 2.75) is 31.2 Å². The summed E-state index contributed by atoms with van der Waals surface area (Å²) in [4.78, 5) is 34.7. The van der Waals surface area contributed by atoms with Gasteiger partial charge in [-0.25, -0.2) is 13.2 Å². The molecule has 0 aromatic heterocycles. The molecule has 2 rings (SSSR count). The van der Waals surface area contributed by atoms with Crippen LogP contribution in [0.1, 0.15) is 29.8 Å². The lowest BCUT2D eigenvalue weighted by Crippen LogP contribution is -2.45. The smallest absolute Gasteiger partial charge is 0.337 e. The number of ether oxygens (including phenoxy) is 1. The molecule has 0 saturated carbocycles. The van der Waals surface area contributed by atoms with Crippen molar-refractivity contribution in [1.29, 1.82) is 0 Å². The zero-order chi connectivity index (χ0) is 23.0. The van der Waals surface area contributed by atoms with Gasteiger partial charge in [0.05, 0.1) is 23.6 Å². The SMILES string of the molecule is COC(=O)c1ccc(CCNC(=O)[C@H](C)NS(=O)(=O)c2ccc(NC(C)=O)cc2)cc1. The van der Waals surface area contributed by atoms with Crippen LogP contribution in [0.3, 0.4) is 0 Å². The lowest BCUT2D eigenvalue weighted by atomic mass is 10.1. The van der Waals surface area contributed by atoms with Gasteiger partial charge in [0.2, 0.25) is 21.8 Å². The lowest BCUT2D eigenvalue weighted by Gasteiger charge is -2.15. The molecule has 31 heavy (non-hydrogen) atoms. The second-order valence-corrected chi connectivity index (χ2v) is 8.49. The van der Waals surface area contributed by atoms with E-state index in [1.54, 1.807) is 24.3 Å².